The molecule has 0 bridgehead atoms. The highest BCUT2D eigenvalue weighted by Gasteiger charge is 2.27. The number of piperidine rings is 1. The van der Waals surface area contributed by atoms with Crippen LogP contribution in [-0.4, -0.2) is 24.1 Å². The average Bonchev–Trinajstić information content (AvgIpc) is 2.73. The topological polar surface area (TPSA) is 61.4 Å². The molecule has 2 aliphatic rings. The van der Waals surface area contributed by atoms with Gasteiger partial charge in [0.1, 0.15) is 5.75 Å². The maximum Gasteiger partial charge on any atom is 0.228 e. The van der Waals surface area contributed by atoms with Crippen molar-refractivity contribution < 1.29 is 9.90 Å². The van der Waals surface area contributed by atoms with Crippen molar-refractivity contribution in [3.05, 3.63) is 23.3 Å². The van der Waals surface area contributed by atoms with E-state index >= 15 is 0 Å². The molecule has 1 fully saturated rings. The Balaban J connectivity index is 2.00. The third-order valence-corrected chi connectivity index (χ3v) is 3.67. The van der Waals surface area contributed by atoms with Gasteiger partial charge in [0.15, 0.2) is 0 Å². The Hall–Kier alpha value is -1.55. The lowest BCUT2D eigenvalue weighted by Gasteiger charge is -2.25. The van der Waals surface area contributed by atoms with Gasteiger partial charge in [-0.25, -0.2) is 0 Å². The minimum Gasteiger partial charge on any atom is -0.506 e. The van der Waals surface area contributed by atoms with Crippen LogP contribution >= 0.6 is 0 Å². The van der Waals surface area contributed by atoms with Gasteiger partial charge >= 0.3 is 0 Å². The highest BCUT2D eigenvalue weighted by atomic mass is 16.3. The van der Waals surface area contributed by atoms with Crippen molar-refractivity contribution in [2.75, 3.05) is 18.4 Å². The van der Waals surface area contributed by atoms with Crippen LogP contribution in [0.2, 0.25) is 0 Å². The first-order valence-corrected chi connectivity index (χ1v) is 6.11. The van der Waals surface area contributed by atoms with Crippen molar-refractivity contribution in [2.45, 2.75) is 25.2 Å². The molecule has 0 aromatic heterocycles. The van der Waals surface area contributed by atoms with Gasteiger partial charge in [0, 0.05) is 6.54 Å². The monoisotopic (exact) mass is 232 g/mol. The van der Waals surface area contributed by atoms with Gasteiger partial charge in [-0.1, -0.05) is 6.07 Å². The summed E-state index contributed by atoms with van der Waals surface area (Å²) in [7, 11) is 0. The highest BCUT2D eigenvalue weighted by Crippen LogP contribution is 2.39. The number of fused-ring (bicyclic) bond motifs is 1. The molecule has 4 heteroatoms. The Labute approximate surface area is 100 Å². The summed E-state index contributed by atoms with van der Waals surface area (Å²) in [4.78, 5) is 11.4. The molecule has 4 nitrogen and oxygen atoms in total. The molecule has 2 aliphatic heterocycles. The Bertz CT molecular complexity index is 465. The van der Waals surface area contributed by atoms with Gasteiger partial charge in [-0.05, 0) is 42.5 Å². The molecule has 1 amide bonds. The van der Waals surface area contributed by atoms with Crippen molar-refractivity contribution in [3.63, 3.8) is 0 Å². The maximum absolute atomic E-state index is 11.4. The first kappa shape index (κ1) is 10.6. The summed E-state index contributed by atoms with van der Waals surface area (Å²) in [6.45, 7) is 2.04. The minimum atomic E-state index is -0.0217. The number of amides is 1. The zero-order valence-corrected chi connectivity index (χ0v) is 9.62. The van der Waals surface area contributed by atoms with Crippen LogP contribution in [0.15, 0.2) is 12.1 Å². The van der Waals surface area contributed by atoms with Crippen LogP contribution in [0, 0.1) is 0 Å². The zero-order chi connectivity index (χ0) is 11.8. The second-order valence-electron chi connectivity index (χ2n) is 4.80. The molecular weight excluding hydrogens is 216 g/mol. The van der Waals surface area contributed by atoms with Crippen molar-refractivity contribution in [2.24, 2.45) is 0 Å². The van der Waals surface area contributed by atoms with E-state index in [0.717, 1.165) is 25.1 Å². The van der Waals surface area contributed by atoms with E-state index in [0.29, 0.717) is 18.0 Å². The molecule has 1 atom stereocenters. The number of hydrogen-bond acceptors (Lipinski definition) is 3. The van der Waals surface area contributed by atoms with Crippen LogP contribution in [0.5, 0.6) is 5.75 Å². The summed E-state index contributed by atoms with van der Waals surface area (Å²) in [6, 6.07) is 3.65. The van der Waals surface area contributed by atoms with Crippen LogP contribution in [-0.2, 0) is 11.2 Å². The third kappa shape index (κ3) is 1.78. The Morgan fingerprint density at radius 3 is 3.00 bits per heavy atom. The molecular formula is C13H16N2O2. The van der Waals surface area contributed by atoms with Gasteiger partial charge in [0.05, 0.1) is 12.1 Å². The number of phenols is 1. The lowest BCUT2D eigenvalue weighted by atomic mass is 9.87. The van der Waals surface area contributed by atoms with Gasteiger partial charge in [-0.3, -0.25) is 4.79 Å². The minimum absolute atomic E-state index is 0.0217. The van der Waals surface area contributed by atoms with Gasteiger partial charge in [0.2, 0.25) is 5.91 Å². The number of nitrogens with one attached hydrogen (secondary N) is 2. The first-order chi connectivity index (χ1) is 8.25. The average molecular weight is 232 g/mol. The van der Waals surface area contributed by atoms with E-state index in [1.807, 2.05) is 6.07 Å². The fourth-order valence-electron chi connectivity index (χ4n) is 2.83. The van der Waals surface area contributed by atoms with Crippen molar-refractivity contribution in [1.29, 1.82) is 0 Å². The predicted octanol–water partition coefficient (Wildman–Crippen LogP) is 1.35. The number of aromatic hydroxyl groups is 1. The van der Waals surface area contributed by atoms with Gasteiger partial charge in [-0.15, -0.1) is 0 Å². The number of rotatable bonds is 1. The fraction of sp³-hybridized carbons (Fsp3) is 0.462. The SMILES string of the molecule is O=C1Cc2c(C3CCCNC3)ccc(O)c2N1. The van der Waals surface area contributed by atoms with Crippen LogP contribution in [0.25, 0.3) is 0 Å². The molecule has 90 valence electrons. The van der Waals surface area contributed by atoms with E-state index in [2.05, 4.69) is 10.6 Å². The molecule has 1 unspecified atom stereocenters. The Morgan fingerprint density at radius 1 is 1.35 bits per heavy atom. The molecule has 17 heavy (non-hydrogen) atoms. The summed E-state index contributed by atoms with van der Waals surface area (Å²) in [6.07, 6.45) is 2.72. The zero-order valence-electron chi connectivity index (χ0n) is 9.62. The van der Waals surface area contributed by atoms with Gasteiger partial charge in [0.25, 0.3) is 0 Å². The third-order valence-electron chi connectivity index (χ3n) is 3.67. The standard InChI is InChI=1S/C13H16N2O2/c16-11-4-3-9(8-2-1-5-14-7-8)10-6-12(17)15-13(10)11/h3-4,8,14,16H,1-2,5-7H2,(H,15,17). The predicted molar refractivity (Wildman–Crippen MR) is 65.3 cm³/mol. The second-order valence-corrected chi connectivity index (χ2v) is 4.80. The molecule has 3 rings (SSSR count). The van der Waals surface area contributed by atoms with Crippen LogP contribution in [0.3, 0.4) is 0 Å². The molecule has 2 heterocycles. The van der Waals surface area contributed by atoms with E-state index < -0.39 is 0 Å². The molecule has 1 saturated heterocycles. The summed E-state index contributed by atoms with van der Waals surface area (Å²) in [5.41, 5.74) is 2.82. The van der Waals surface area contributed by atoms with Crippen LogP contribution < -0.4 is 10.6 Å². The molecule has 0 saturated carbocycles. The molecule has 1 aromatic rings. The van der Waals surface area contributed by atoms with Crippen LogP contribution in [0.4, 0.5) is 5.69 Å². The van der Waals surface area contributed by atoms with E-state index in [4.69, 9.17) is 0 Å². The molecule has 3 N–H and O–H groups in total. The maximum atomic E-state index is 11.4. The molecule has 0 spiro atoms. The van der Waals surface area contributed by atoms with E-state index in [-0.39, 0.29) is 11.7 Å². The Kier molecular flexibility index (Phi) is 2.52. The number of carbonyl (C=O) groups excluding carboxylic acids is 1. The lowest BCUT2D eigenvalue weighted by Crippen LogP contribution is -2.28. The molecule has 0 radical (unpaired) electrons. The van der Waals surface area contributed by atoms with E-state index in [1.165, 1.54) is 12.0 Å². The largest absolute Gasteiger partial charge is 0.506 e. The van der Waals surface area contributed by atoms with Crippen LogP contribution in [0.1, 0.15) is 29.9 Å². The normalized spacial score (nSPS) is 23.3. The number of hydrogen-bond donors (Lipinski definition) is 3. The van der Waals surface area contributed by atoms with E-state index in [1.54, 1.807) is 6.07 Å². The fourth-order valence-corrected chi connectivity index (χ4v) is 2.83. The van der Waals surface area contributed by atoms with Crippen molar-refractivity contribution >= 4 is 11.6 Å². The first-order valence-electron chi connectivity index (χ1n) is 6.11. The number of anilines is 1. The summed E-state index contributed by atoms with van der Waals surface area (Å²) < 4.78 is 0. The number of carbonyl (C=O) groups is 1. The molecule has 1 aromatic carbocycles. The summed E-state index contributed by atoms with van der Waals surface area (Å²) >= 11 is 0. The number of benzene rings is 1. The van der Waals surface area contributed by atoms with Gasteiger partial charge < -0.3 is 15.7 Å². The van der Waals surface area contributed by atoms with E-state index in [9.17, 15) is 9.90 Å². The van der Waals surface area contributed by atoms with Crippen molar-refractivity contribution in [3.8, 4) is 5.75 Å². The summed E-state index contributed by atoms with van der Waals surface area (Å²) in [5, 5.41) is 15.9. The lowest BCUT2D eigenvalue weighted by molar-refractivity contribution is -0.115. The number of phenolic OH excluding ortho intramolecular Hbond substituents is 1. The smallest absolute Gasteiger partial charge is 0.228 e. The summed E-state index contributed by atoms with van der Waals surface area (Å²) in [5.74, 6) is 0.621. The Morgan fingerprint density at radius 2 is 2.24 bits per heavy atom. The molecule has 0 aliphatic carbocycles. The quantitative estimate of drug-likeness (QED) is 0.641. The second kappa shape index (κ2) is 4.04. The van der Waals surface area contributed by atoms with Crippen molar-refractivity contribution in [1.82, 2.24) is 5.32 Å². The highest BCUT2D eigenvalue weighted by molar-refractivity contribution is 6.01. The van der Waals surface area contributed by atoms with Gasteiger partial charge in [-0.2, -0.15) is 0 Å².